The molecular weight excluding hydrogens is 394 g/mol. The van der Waals surface area contributed by atoms with E-state index in [1.54, 1.807) is 10.8 Å². The molecule has 160 valence electrons. The summed E-state index contributed by atoms with van der Waals surface area (Å²) < 4.78 is 3.61. The van der Waals surface area contributed by atoms with Gasteiger partial charge in [0.2, 0.25) is 5.91 Å². The highest BCUT2D eigenvalue weighted by atomic mass is 16.1. The summed E-state index contributed by atoms with van der Waals surface area (Å²) in [6, 6.07) is 6.20. The number of benzene rings is 1. The van der Waals surface area contributed by atoms with Gasteiger partial charge in [0.05, 0.1) is 23.6 Å². The normalized spacial score (nSPS) is 17.5. The molecule has 3 aromatic heterocycles. The lowest BCUT2D eigenvalue weighted by atomic mass is 9.99. The molecule has 0 bridgehead atoms. The Bertz CT molecular complexity index is 1360. The molecule has 3 N–H and O–H groups in total. The number of imidazole rings is 1. The first kappa shape index (κ1) is 19.5. The van der Waals surface area contributed by atoms with Crippen LogP contribution in [-0.2, 0) is 4.79 Å². The highest BCUT2D eigenvalue weighted by Gasteiger charge is 2.25. The van der Waals surface area contributed by atoms with Gasteiger partial charge < -0.3 is 10.7 Å². The van der Waals surface area contributed by atoms with Gasteiger partial charge in [0.1, 0.15) is 6.33 Å². The number of amides is 1. The van der Waals surface area contributed by atoms with Gasteiger partial charge >= 0.3 is 5.69 Å². The molecule has 0 saturated carbocycles. The van der Waals surface area contributed by atoms with E-state index < -0.39 is 0 Å². The highest BCUT2D eigenvalue weighted by Crippen LogP contribution is 2.31. The maximum atomic E-state index is 12.9. The minimum absolute atomic E-state index is 0.00773. The number of hydrogen-bond donors (Lipinski definition) is 2. The van der Waals surface area contributed by atoms with Crippen LogP contribution in [0.2, 0.25) is 0 Å². The number of nitrogens with two attached hydrogens (primary N) is 1. The standard InChI is InChI=1S/C22H25N7O2/c1-13-7-19-18(8-17(13)15-6-14(2)21-24-12-25-28(21)9-15)26-22(31)29(19)16-4-3-5-27(10-16)11-20(23)30/h6-9,12,16H,3-5,10-11H2,1-2H3,(H2,23,30)(H,26,31). The fraction of sp³-hybridized carbons (Fsp3) is 0.364. The van der Waals surface area contributed by atoms with Crippen LogP contribution >= 0.6 is 0 Å². The minimum Gasteiger partial charge on any atom is -0.369 e. The zero-order valence-corrected chi connectivity index (χ0v) is 17.6. The fourth-order valence-corrected chi connectivity index (χ4v) is 4.80. The Labute approximate surface area is 178 Å². The molecule has 5 rings (SSSR count). The molecule has 31 heavy (non-hydrogen) atoms. The van der Waals surface area contributed by atoms with E-state index in [1.807, 2.05) is 28.7 Å². The molecule has 4 heterocycles. The van der Waals surface area contributed by atoms with Crippen molar-refractivity contribution in [3.63, 3.8) is 0 Å². The molecule has 0 aliphatic carbocycles. The van der Waals surface area contributed by atoms with Crippen LogP contribution in [0, 0.1) is 13.8 Å². The molecule has 1 aromatic carbocycles. The largest absolute Gasteiger partial charge is 0.369 e. The number of aryl methyl sites for hydroxylation is 2. The van der Waals surface area contributed by atoms with Crippen LogP contribution in [0.5, 0.6) is 0 Å². The van der Waals surface area contributed by atoms with Crippen molar-refractivity contribution in [1.82, 2.24) is 29.0 Å². The second-order valence-electron chi connectivity index (χ2n) is 8.42. The lowest BCUT2D eigenvalue weighted by molar-refractivity contribution is -0.119. The van der Waals surface area contributed by atoms with Gasteiger partial charge in [0.25, 0.3) is 0 Å². The summed E-state index contributed by atoms with van der Waals surface area (Å²) in [7, 11) is 0. The number of hydrogen-bond acceptors (Lipinski definition) is 5. The number of nitrogens with one attached hydrogen (secondary N) is 1. The molecule has 0 radical (unpaired) electrons. The Balaban J connectivity index is 1.57. The van der Waals surface area contributed by atoms with E-state index in [0.717, 1.165) is 58.3 Å². The Morgan fingerprint density at radius 3 is 2.90 bits per heavy atom. The maximum absolute atomic E-state index is 12.9. The van der Waals surface area contributed by atoms with Crippen molar-refractivity contribution in [2.45, 2.75) is 32.7 Å². The third-order valence-electron chi connectivity index (χ3n) is 6.16. The van der Waals surface area contributed by atoms with Crippen molar-refractivity contribution >= 4 is 22.6 Å². The first-order valence-electron chi connectivity index (χ1n) is 10.5. The van der Waals surface area contributed by atoms with Crippen molar-refractivity contribution < 1.29 is 4.79 Å². The number of aromatic amines is 1. The van der Waals surface area contributed by atoms with Crippen LogP contribution in [0.4, 0.5) is 0 Å². The number of carbonyl (C=O) groups is 1. The first-order valence-corrected chi connectivity index (χ1v) is 10.5. The van der Waals surface area contributed by atoms with Crippen molar-refractivity contribution in [3.05, 3.63) is 52.3 Å². The van der Waals surface area contributed by atoms with Gasteiger partial charge in [0.15, 0.2) is 5.65 Å². The first-order chi connectivity index (χ1) is 14.9. The summed E-state index contributed by atoms with van der Waals surface area (Å²) in [5, 5.41) is 4.27. The van der Waals surface area contributed by atoms with E-state index >= 15 is 0 Å². The van der Waals surface area contributed by atoms with E-state index in [4.69, 9.17) is 5.73 Å². The van der Waals surface area contributed by atoms with Gasteiger partial charge in [-0.05, 0) is 68.1 Å². The van der Waals surface area contributed by atoms with E-state index in [0.29, 0.717) is 6.54 Å². The van der Waals surface area contributed by atoms with Crippen LogP contribution in [0.1, 0.15) is 30.0 Å². The topological polar surface area (TPSA) is 114 Å². The molecule has 1 atom stereocenters. The summed E-state index contributed by atoms with van der Waals surface area (Å²) in [5.41, 5.74) is 11.9. The Hall–Kier alpha value is -3.46. The average Bonchev–Trinajstić information content (AvgIpc) is 3.30. The van der Waals surface area contributed by atoms with Crippen molar-refractivity contribution in [2.75, 3.05) is 19.6 Å². The number of carbonyl (C=O) groups excluding carboxylic acids is 1. The van der Waals surface area contributed by atoms with Crippen LogP contribution in [0.3, 0.4) is 0 Å². The molecule has 9 heteroatoms. The Kier molecular flexibility index (Phi) is 4.62. The number of rotatable bonds is 4. The fourth-order valence-electron chi connectivity index (χ4n) is 4.80. The van der Waals surface area contributed by atoms with E-state index in [9.17, 15) is 9.59 Å². The third kappa shape index (κ3) is 3.40. The summed E-state index contributed by atoms with van der Waals surface area (Å²) in [4.78, 5) is 33.6. The van der Waals surface area contributed by atoms with Gasteiger partial charge in [-0.1, -0.05) is 0 Å². The van der Waals surface area contributed by atoms with Gasteiger partial charge in [-0.25, -0.2) is 14.3 Å². The predicted octanol–water partition coefficient (Wildman–Crippen LogP) is 1.78. The zero-order chi connectivity index (χ0) is 21.7. The molecule has 4 aromatic rings. The van der Waals surface area contributed by atoms with Crippen LogP contribution in [0.25, 0.3) is 27.8 Å². The summed E-state index contributed by atoms with van der Waals surface area (Å²) in [6.07, 6.45) is 5.32. The lowest BCUT2D eigenvalue weighted by Crippen LogP contribution is -2.43. The van der Waals surface area contributed by atoms with Crippen LogP contribution < -0.4 is 11.4 Å². The molecular formula is C22H25N7O2. The van der Waals surface area contributed by atoms with E-state index in [-0.39, 0.29) is 24.2 Å². The monoisotopic (exact) mass is 419 g/mol. The second kappa shape index (κ2) is 7.35. The molecule has 9 nitrogen and oxygen atoms in total. The lowest BCUT2D eigenvalue weighted by Gasteiger charge is -2.32. The number of aromatic nitrogens is 5. The zero-order valence-electron chi connectivity index (χ0n) is 17.6. The number of H-pyrrole nitrogens is 1. The van der Waals surface area contributed by atoms with Gasteiger partial charge in [-0.2, -0.15) is 5.10 Å². The summed E-state index contributed by atoms with van der Waals surface area (Å²) in [6.45, 7) is 5.75. The van der Waals surface area contributed by atoms with E-state index in [2.05, 4.69) is 34.1 Å². The molecule has 1 fully saturated rings. The maximum Gasteiger partial charge on any atom is 0.326 e. The van der Waals surface area contributed by atoms with Crippen molar-refractivity contribution in [1.29, 1.82) is 0 Å². The van der Waals surface area contributed by atoms with Gasteiger partial charge in [-0.15, -0.1) is 0 Å². The molecule has 1 aliphatic rings. The minimum atomic E-state index is -0.341. The molecule has 1 saturated heterocycles. The SMILES string of the molecule is Cc1cc2c(cc1-c1cc(C)c3ncnn3c1)[nH]c(=O)n2C1CCCN(CC(N)=O)C1. The number of likely N-dealkylation sites (tertiary alicyclic amines) is 1. The van der Waals surface area contributed by atoms with Crippen molar-refractivity contribution in [3.8, 4) is 11.1 Å². The molecule has 1 aliphatic heterocycles. The summed E-state index contributed by atoms with van der Waals surface area (Å²) >= 11 is 0. The van der Waals surface area contributed by atoms with Crippen LogP contribution in [0.15, 0.2) is 35.5 Å². The highest BCUT2D eigenvalue weighted by molar-refractivity contribution is 5.85. The van der Waals surface area contributed by atoms with Crippen molar-refractivity contribution in [2.24, 2.45) is 5.73 Å². The Morgan fingerprint density at radius 2 is 2.10 bits per heavy atom. The molecule has 1 amide bonds. The second-order valence-corrected chi connectivity index (χ2v) is 8.42. The van der Waals surface area contributed by atoms with Gasteiger partial charge in [-0.3, -0.25) is 14.3 Å². The number of fused-ring (bicyclic) bond motifs is 2. The summed E-state index contributed by atoms with van der Waals surface area (Å²) in [5.74, 6) is -0.341. The average molecular weight is 419 g/mol. The molecule has 0 spiro atoms. The van der Waals surface area contributed by atoms with Gasteiger partial charge in [0, 0.05) is 18.3 Å². The molecule has 1 unspecified atom stereocenters. The number of piperidine rings is 1. The Morgan fingerprint density at radius 1 is 1.26 bits per heavy atom. The van der Waals surface area contributed by atoms with E-state index in [1.165, 1.54) is 0 Å². The third-order valence-corrected chi connectivity index (χ3v) is 6.16. The number of pyridine rings is 1. The predicted molar refractivity (Wildman–Crippen MR) is 118 cm³/mol. The van der Waals surface area contributed by atoms with Crippen LogP contribution in [-0.4, -0.2) is 54.6 Å². The smallest absolute Gasteiger partial charge is 0.326 e. The number of primary amides is 1. The quantitative estimate of drug-likeness (QED) is 0.523. The number of nitrogens with zero attached hydrogens (tertiary/aromatic N) is 5.